The lowest BCUT2D eigenvalue weighted by molar-refractivity contribution is 0.0976. The number of carbonyl (C=O) groups is 1. The average Bonchev–Trinajstić information content (AvgIpc) is 2.28. The van der Waals surface area contributed by atoms with Crippen molar-refractivity contribution in [3.8, 4) is 5.75 Å². The van der Waals surface area contributed by atoms with Crippen molar-refractivity contribution in [1.29, 1.82) is 0 Å². The van der Waals surface area contributed by atoms with E-state index in [0.29, 0.717) is 13.0 Å². The van der Waals surface area contributed by atoms with Crippen molar-refractivity contribution in [2.45, 2.75) is 12.8 Å². The Hall–Kier alpha value is -1.49. The number of carbonyl (C=O) groups excluding carboxylic acids is 1. The standard InChI is InChI=1S/C11H13F2NO2/c1-16-11-6-8(12)7(5-9(11)13)10(15)3-2-4-14/h5-6H,2-4,14H2,1H3. The van der Waals surface area contributed by atoms with Gasteiger partial charge < -0.3 is 10.5 Å². The van der Waals surface area contributed by atoms with Crippen LogP contribution in [0.25, 0.3) is 0 Å². The van der Waals surface area contributed by atoms with Crippen LogP contribution in [0, 0.1) is 11.6 Å². The Morgan fingerprint density at radius 3 is 2.62 bits per heavy atom. The quantitative estimate of drug-likeness (QED) is 0.784. The molecule has 2 N–H and O–H groups in total. The third kappa shape index (κ3) is 2.76. The summed E-state index contributed by atoms with van der Waals surface area (Å²) in [5.41, 5.74) is 4.97. The fourth-order valence-electron chi connectivity index (χ4n) is 1.30. The van der Waals surface area contributed by atoms with Gasteiger partial charge in [0.15, 0.2) is 17.3 Å². The predicted molar refractivity (Wildman–Crippen MR) is 55.5 cm³/mol. The van der Waals surface area contributed by atoms with Gasteiger partial charge in [-0.1, -0.05) is 0 Å². The lowest BCUT2D eigenvalue weighted by Crippen LogP contribution is -2.07. The number of hydrogen-bond acceptors (Lipinski definition) is 3. The smallest absolute Gasteiger partial charge is 0.165 e. The number of benzene rings is 1. The first-order chi connectivity index (χ1) is 7.60. The minimum Gasteiger partial charge on any atom is -0.494 e. The second-order valence-corrected chi connectivity index (χ2v) is 3.28. The van der Waals surface area contributed by atoms with Crippen molar-refractivity contribution in [1.82, 2.24) is 0 Å². The van der Waals surface area contributed by atoms with E-state index in [9.17, 15) is 13.6 Å². The van der Waals surface area contributed by atoms with E-state index in [1.807, 2.05) is 0 Å². The van der Waals surface area contributed by atoms with Crippen molar-refractivity contribution < 1.29 is 18.3 Å². The Balaban J connectivity index is 2.97. The molecule has 5 heteroatoms. The van der Waals surface area contributed by atoms with E-state index in [4.69, 9.17) is 5.73 Å². The number of rotatable bonds is 5. The SMILES string of the molecule is COc1cc(F)c(C(=O)CCCN)cc1F. The molecular weight excluding hydrogens is 216 g/mol. The highest BCUT2D eigenvalue weighted by molar-refractivity contribution is 5.96. The van der Waals surface area contributed by atoms with Gasteiger partial charge in [0.05, 0.1) is 12.7 Å². The highest BCUT2D eigenvalue weighted by atomic mass is 19.1. The van der Waals surface area contributed by atoms with Crippen LogP contribution < -0.4 is 10.5 Å². The van der Waals surface area contributed by atoms with E-state index >= 15 is 0 Å². The zero-order valence-corrected chi connectivity index (χ0v) is 8.93. The first-order valence-corrected chi connectivity index (χ1v) is 4.86. The summed E-state index contributed by atoms with van der Waals surface area (Å²) < 4.78 is 31.2. The normalized spacial score (nSPS) is 10.2. The molecule has 0 aliphatic rings. The van der Waals surface area contributed by atoms with Gasteiger partial charge in [-0.15, -0.1) is 0 Å². The maximum Gasteiger partial charge on any atom is 0.165 e. The highest BCUT2D eigenvalue weighted by Gasteiger charge is 2.15. The van der Waals surface area contributed by atoms with E-state index < -0.39 is 17.4 Å². The third-order valence-corrected chi connectivity index (χ3v) is 2.15. The summed E-state index contributed by atoms with van der Waals surface area (Å²) >= 11 is 0. The van der Waals surface area contributed by atoms with E-state index in [1.165, 1.54) is 7.11 Å². The van der Waals surface area contributed by atoms with Gasteiger partial charge in [-0.25, -0.2) is 8.78 Å². The van der Waals surface area contributed by atoms with Crippen molar-refractivity contribution in [3.05, 3.63) is 29.3 Å². The summed E-state index contributed by atoms with van der Waals surface area (Å²) in [6.07, 6.45) is 0.561. The molecule has 0 fully saturated rings. The zero-order valence-electron chi connectivity index (χ0n) is 8.93. The summed E-state index contributed by atoms with van der Waals surface area (Å²) in [4.78, 5) is 11.5. The second kappa shape index (κ2) is 5.55. The van der Waals surface area contributed by atoms with Gasteiger partial charge in [0.25, 0.3) is 0 Å². The second-order valence-electron chi connectivity index (χ2n) is 3.28. The molecule has 0 bridgehead atoms. The Morgan fingerprint density at radius 1 is 1.38 bits per heavy atom. The number of methoxy groups -OCH3 is 1. The maximum absolute atomic E-state index is 13.4. The average molecular weight is 229 g/mol. The van der Waals surface area contributed by atoms with Crippen LogP contribution in [0.2, 0.25) is 0 Å². The van der Waals surface area contributed by atoms with Crippen LogP contribution in [0.1, 0.15) is 23.2 Å². The van der Waals surface area contributed by atoms with Crippen LogP contribution in [0.15, 0.2) is 12.1 Å². The van der Waals surface area contributed by atoms with E-state index in [1.54, 1.807) is 0 Å². The van der Waals surface area contributed by atoms with Gasteiger partial charge >= 0.3 is 0 Å². The Morgan fingerprint density at radius 2 is 2.06 bits per heavy atom. The number of ketones is 1. The van der Waals surface area contributed by atoms with Crippen molar-refractivity contribution in [2.75, 3.05) is 13.7 Å². The topological polar surface area (TPSA) is 52.3 Å². The van der Waals surface area contributed by atoms with Gasteiger partial charge in [0, 0.05) is 12.5 Å². The molecule has 0 aliphatic heterocycles. The van der Waals surface area contributed by atoms with Crippen LogP contribution in [0.5, 0.6) is 5.75 Å². The fourth-order valence-corrected chi connectivity index (χ4v) is 1.30. The lowest BCUT2D eigenvalue weighted by Gasteiger charge is -2.06. The molecule has 0 radical (unpaired) electrons. The van der Waals surface area contributed by atoms with Crippen LogP contribution in [0.4, 0.5) is 8.78 Å². The molecule has 0 atom stereocenters. The van der Waals surface area contributed by atoms with Gasteiger partial charge in [-0.2, -0.15) is 0 Å². The van der Waals surface area contributed by atoms with Crippen molar-refractivity contribution >= 4 is 5.78 Å². The first-order valence-electron chi connectivity index (χ1n) is 4.86. The number of halogens is 2. The van der Waals surface area contributed by atoms with Crippen LogP contribution in [-0.4, -0.2) is 19.4 Å². The summed E-state index contributed by atoms with van der Waals surface area (Å²) in [5, 5.41) is 0. The van der Waals surface area contributed by atoms with Crippen LogP contribution in [-0.2, 0) is 0 Å². The van der Waals surface area contributed by atoms with Crippen LogP contribution >= 0.6 is 0 Å². The number of ether oxygens (including phenoxy) is 1. The van der Waals surface area contributed by atoms with E-state index in [2.05, 4.69) is 4.74 Å². The molecule has 0 saturated heterocycles. The third-order valence-electron chi connectivity index (χ3n) is 2.15. The lowest BCUT2D eigenvalue weighted by atomic mass is 10.1. The molecule has 88 valence electrons. The fraction of sp³-hybridized carbons (Fsp3) is 0.364. The van der Waals surface area contributed by atoms with E-state index in [-0.39, 0.29) is 17.7 Å². The largest absolute Gasteiger partial charge is 0.494 e. The van der Waals surface area contributed by atoms with Crippen molar-refractivity contribution in [3.63, 3.8) is 0 Å². The molecule has 0 unspecified atom stereocenters. The zero-order chi connectivity index (χ0) is 12.1. The number of nitrogens with two attached hydrogens (primary N) is 1. The molecule has 3 nitrogen and oxygen atoms in total. The molecule has 0 aliphatic carbocycles. The molecule has 0 aromatic heterocycles. The molecule has 1 aromatic carbocycles. The molecule has 0 amide bonds. The van der Waals surface area contributed by atoms with Gasteiger partial charge in [-0.3, -0.25) is 4.79 Å². The Labute approximate surface area is 92.2 Å². The monoisotopic (exact) mass is 229 g/mol. The van der Waals surface area contributed by atoms with E-state index in [0.717, 1.165) is 12.1 Å². The molecular formula is C11H13F2NO2. The summed E-state index contributed by atoms with van der Waals surface area (Å²) in [5.74, 6) is -2.20. The summed E-state index contributed by atoms with van der Waals surface area (Å²) in [7, 11) is 1.23. The Kier molecular flexibility index (Phi) is 4.37. The number of hydrogen-bond donors (Lipinski definition) is 1. The van der Waals surface area contributed by atoms with Gasteiger partial charge in [0.2, 0.25) is 0 Å². The predicted octanol–water partition coefficient (Wildman–Crippen LogP) is 1.90. The molecule has 16 heavy (non-hydrogen) atoms. The number of Topliss-reactive ketones (excluding diaryl/α,β-unsaturated/α-hetero) is 1. The molecule has 0 spiro atoms. The van der Waals surface area contributed by atoms with Gasteiger partial charge in [-0.05, 0) is 19.0 Å². The first kappa shape index (κ1) is 12.6. The summed E-state index contributed by atoms with van der Waals surface area (Å²) in [6.45, 7) is 0.339. The highest BCUT2D eigenvalue weighted by Crippen LogP contribution is 2.22. The maximum atomic E-state index is 13.4. The molecule has 1 aromatic rings. The summed E-state index contributed by atoms with van der Waals surface area (Å²) in [6, 6.07) is 1.72. The molecule has 0 heterocycles. The van der Waals surface area contributed by atoms with Crippen LogP contribution in [0.3, 0.4) is 0 Å². The minimum atomic E-state index is -0.778. The minimum absolute atomic E-state index is 0.110. The van der Waals surface area contributed by atoms with Crippen molar-refractivity contribution in [2.24, 2.45) is 5.73 Å². The molecule has 0 saturated carbocycles. The Bertz CT molecular complexity index is 394. The van der Waals surface area contributed by atoms with Gasteiger partial charge in [0.1, 0.15) is 5.82 Å². The molecule has 1 rings (SSSR count).